The molecule has 0 aliphatic carbocycles. The lowest BCUT2D eigenvalue weighted by atomic mass is 9.94. The molecule has 0 fully saturated rings. The summed E-state index contributed by atoms with van der Waals surface area (Å²) in [5.41, 5.74) is 6.71. The van der Waals surface area contributed by atoms with E-state index in [9.17, 15) is 5.11 Å². The standard InChI is InChI=1S/C12H18BrNO2/c1-7(2)11(14)12(15)9-6-8(16-3)4-5-10(9)13/h4-7,11-12,15H,14H2,1-3H3. The Hall–Kier alpha value is -0.580. The minimum Gasteiger partial charge on any atom is -0.497 e. The largest absolute Gasteiger partial charge is 0.497 e. The Kier molecular flexibility index (Phi) is 4.77. The summed E-state index contributed by atoms with van der Waals surface area (Å²) in [7, 11) is 1.60. The zero-order valence-corrected chi connectivity index (χ0v) is 11.4. The Morgan fingerprint density at radius 3 is 2.50 bits per heavy atom. The van der Waals surface area contributed by atoms with Crippen LogP contribution in [0.4, 0.5) is 0 Å². The molecule has 0 aliphatic heterocycles. The van der Waals surface area contributed by atoms with E-state index in [4.69, 9.17) is 10.5 Å². The van der Waals surface area contributed by atoms with E-state index in [1.807, 2.05) is 26.0 Å². The quantitative estimate of drug-likeness (QED) is 0.895. The van der Waals surface area contributed by atoms with Crippen molar-refractivity contribution < 1.29 is 9.84 Å². The minimum atomic E-state index is -0.690. The van der Waals surface area contributed by atoms with Crippen LogP contribution in [-0.4, -0.2) is 18.3 Å². The second kappa shape index (κ2) is 5.66. The van der Waals surface area contributed by atoms with E-state index in [0.717, 1.165) is 10.0 Å². The van der Waals surface area contributed by atoms with Gasteiger partial charge in [0, 0.05) is 10.5 Å². The number of methoxy groups -OCH3 is 1. The molecule has 0 amide bonds. The Bertz CT molecular complexity index is 355. The summed E-state index contributed by atoms with van der Waals surface area (Å²) in [6, 6.07) is 5.20. The molecule has 2 atom stereocenters. The molecule has 4 heteroatoms. The van der Waals surface area contributed by atoms with Gasteiger partial charge in [-0.15, -0.1) is 0 Å². The Labute approximate surface area is 105 Å². The van der Waals surface area contributed by atoms with Crippen molar-refractivity contribution >= 4 is 15.9 Å². The van der Waals surface area contributed by atoms with Crippen LogP contribution < -0.4 is 10.5 Å². The predicted molar refractivity (Wildman–Crippen MR) is 68.5 cm³/mol. The lowest BCUT2D eigenvalue weighted by Gasteiger charge is -2.23. The average Bonchev–Trinajstić information content (AvgIpc) is 2.27. The molecule has 16 heavy (non-hydrogen) atoms. The van der Waals surface area contributed by atoms with Crippen LogP contribution in [0.3, 0.4) is 0 Å². The molecule has 0 saturated carbocycles. The highest BCUT2D eigenvalue weighted by atomic mass is 79.9. The smallest absolute Gasteiger partial charge is 0.119 e. The highest BCUT2D eigenvalue weighted by Gasteiger charge is 2.22. The first-order valence-corrected chi connectivity index (χ1v) is 6.03. The average molecular weight is 288 g/mol. The van der Waals surface area contributed by atoms with E-state index in [0.29, 0.717) is 5.75 Å². The van der Waals surface area contributed by atoms with Gasteiger partial charge in [-0.05, 0) is 29.7 Å². The van der Waals surface area contributed by atoms with Crippen molar-refractivity contribution in [3.63, 3.8) is 0 Å². The summed E-state index contributed by atoms with van der Waals surface area (Å²) in [6.07, 6.45) is -0.690. The number of halogens is 1. The highest BCUT2D eigenvalue weighted by Crippen LogP contribution is 2.30. The van der Waals surface area contributed by atoms with E-state index >= 15 is 0 Å². The zero-order valence-electron chi connectivity index (χ0n) is 9.77. The number of benzene rings is 1. The van der Waals surface area contributed by atoms with Crippen molar-refractivity contribution in [3.8, 4) is 5.75 Å². The van der Waals surface area contributed by atoms with Gasteiger partial charge in [0.1, 0.15) is 5.75 Å². The van der Waals surface area contributed by atoms with E-state index in [-0.39, 0.29) is 12.0 Å². The Morgan fingerprint density at radius 1 is 1.38 bits per heavy atom. The van der Waals surface area contributed by atoms with Gasteiger partial charge in [-0.2, -0.15) is 0 Å². The third-order valence-corrected chi connectivity index (χ3v) is 3.38. The van der Waals surface area contributed by atoms with Gasteiger partial charge in [-0.25, -0.2) is 0 Å². The minimum absolute atomic E-state index is 0.216. The third-order valence-electron chi connectivity index (χ3n) is 2.66. The topological polar surface area (TPSA) is 55.5 Å². The molecule has 90 valence electrons. The van der Waals surface area contributed by atoms with E-state index in [2.05, 4.69) is 15.9 Å². The molecule has 0 heterocycles. The lowest BCUT2D eigenvalue weighted by Crippen LogP contribution is -2.33. The normalized spacial score (nSPS) is 14.9. The van der Waals surface area contributed by atoms with E-state index in [1.54, 1.807) is 13.2 Å². The number of rotatable bonds is 4. The molecule has 0 radical (unpaired) electrons. The van der Waals surface area contributed by atoms with Gasteiger partial charge < -0.3 is 15.6 Å². The SMILES string of the molecule is COc1ccc(Br)c(C(O)C(N)C(C)C)c1. The van der Waals surface area contributed by atoms with Gasteiger partial charge in [0.15, 0.2) is 0 Å². The second-order valence-corrected chi connectivity index (χ2v) is 5.01. The van der Waals surface area contributed by atoms with Gasteiger partial charge in [0.05, 0.1) is 13.2 Å². The van der Waals surface area contributed by atoms with Crippen LogP contribution in [0.25, 0.3) is 0 Å². The van der Waals surface area contributed by atoms with Gasteiger partial charge in [0.2, 0.25) is 0 Å². The summed E-state index contributed by atoms with van der Waals surface area (Å²) in [5.74, 6) is 0.932. The molecule has 0 aromatic heterocycles. The molecule has 1 aromatic carbocycles. The predicted octanol–water partition coefficient (Wildman–Crippen LogP) is 2.47. The van der Waals surface area contributed by atoms with Crippen LogP contribution in [-0.2, 0) is 0 Å². The van der Waals surface area contributed by atoms with E-state index in [1.165, 1.54) is 0 Å². The van der Waals surface area contributed by atoms with Crippen LogP contribution in [0.1, 0.15) is 25.5 Å². The first kappa shape index (κ1) is 13.5. The zero-order chi connectivity index (χ0) is 12.3. The van der Waals surface area contributed by atoms with Gasteiger partial charge in [-0.1, -0.05) is 29.8 Å². The van der Waals surface area contributed by atoms with E-state index < -0.39 is 6.10 Å². The number of hydrogen-bond donors (Lipinski definition) is 2. The van der Waals surface area contributed by atoms with Crippen molar-refractivity contribution in [2.75, 3.05) is 7.11 Å². The number of aliphatic hydroxyl groups is 1. The molecule has 0 saturated heterocycles. The fourth-order valence-corrected chi connectivity index (χ4v) is 1.93. The fraction of sp³-hybridized carbons (Fsp3) is 0.500. The first-order chi connectivity index (χ1) is 7.47. The summed E-state index contributed by atoms with van der Waals surface area (Å²) in [6.45, 7) is 3.98. The molecule has 1 rings (SSSR count). The molecule has 0 spiro atoms. The van der Waals surface area contributed by atoms with Crippen molar-refractivity contribution in [2.24, 2.45) is 11.7 Å². The van der Waals surface area contributed by atoms with Crippen LogP contribution in [0.2, 0.25) is 0 Å². The first-order valence-electron chi connectivity index (χ1n) is 5.24. The lowest BCUT2D eigenvalue weighted by molar-refractivity contribution is 0.125. The molecular formula is C12H18BrNO2. The molecule has 1 aromatic rings. The number of aliphatic hydroxyl groups excluding tert-OH is 1. The number of nitrogens with two attached hydrogens (primary N) is 1. The van der Waals surface area contributed by atoms with Crippen LogP contribution >= 0.6 is 15.9 Å². The summed E-state index contributed by atoms with van der Waals surface area (Å²) in [4.78, 5) is 0. The van der Waals surface area contributed by atoms with Crippen molar-refractivity contribution in [1.29, 1.82) is 0 Å². The van der Waals surface area contributed by atoms with Crippen LogP contribution in [0.5, 0.6) is 5.75 Å². The summed E-state index contributed by atoms with van der Waals surface area (Å²) >= 11 is 3.41. The monoisotopic (exact) mass is 287 g/mol. The molecule has 3 nitrogen and oxygen atoms in total. The molecular weight excluding hydrogens is 270 g/mol. The van der Waals surface area contributed by atoms with Crippen LogP contribution in [0, 0.1) is 5.92 Å². The summed E-state index contributed by atoms with van der Waals surface area (Å²) < 4.78 is 5.97. The summed E-state index contributed by atoms with van der Waals surface area (Å²) in [5, 5.41) is 10.1. The van der Waals surface area contributed by atoms with Crippen LogP contribution in [0.15, 0.2) is 22.7 Å². The second-order valence-electron chi connectivity index (χ2n) is 4.15. The number of hydrogen-bond acceptors (Lipinski definition) is 3. The Balaban J connectivity index is 3.02. The maximum absolute atomic E-state index is 10.1. The highest BCUT2D eigenvalue weighted by molar-refractivity contribution is 9.10. The van der Waals surface area contributed by atoms with Gasteiger partial charge >= 0.3 is 0 Å². The maximum Gasteiger partial charge on any atom is 0.119 e. The van der Waals surface area contributed by atoms with Crippen molar-refractivity contribution in [1.82, 2.24) is 0 Å². The molecule has 2 unspecified atom stereocenters. The van der Waals surface area contributed by atoms with Gasteiger partial charge in [0.25, 0.3) is 0 Å². The van der Waals surface area contributed by atoms with Crippen molar-refractivity contribution in [3.05, 3.63) is 28.2 Å². The van der Waals surface area contributed by atoms with Gasteiger partial charge in [-0.3, -0.25) is 0 Å². The molecule has 0 aliphatic rings. The van der Waals surface area contributed by atoms with Crippen molar-refractivity contribution in [2.45, 2.75) is 26.0 Å². The fourth-order valence-electron chi connectivity index (χ4n) is 1.45. The molecule has 3 N–H and O–H groups in total. The third kappa shape index (κ3) is 2.97. The molecule has 0 bridgehead atoms. The maximum atomic E-state index is 10.1. The Morgan fingerprint density at radius 2 is 2.00 bits per heavy atom. The number of ether oxygens (including phenoxy) is 1.